The van der Waals surface area contributed by atoms with Gasteiger partial charge in [0, 0.05) is 6.54 Å². The van der Waals surface area contributed by atoms with Crippen LogP contribution in [0.4, 0.5) is 13.2 Å². The van der Waals surface area contributed by atoms with Crippen LogP contribution in [0.25, 0.3) is 0 Å². The molecule has 0 spiro atoms. The van der Waals surface area contributed by atoms with Crippen molar-refractivity contribution in [1.82, 2.24) is 5.48 Å². The van der Waals surface area contributed by atoms with E-state index >= 15 is 0 Å². The second-order valence-corrected chi connectivity index (χ2v) is 3.13. The molecule has 0 rings (SSSR count). The van der Waals surface area contributed by atoms with Gasteiger partial charge in [0.05, 0.1) is 0 Å². The van der Waals surface area contributed by atoms with Gasteiger partial charge in [0.15, 0.2) is 6.61 Å². The molecule has 0 aromatic carbocycles. The predicted octanol–water partition coefficient (Wildman–Crippen LogP) is 1.82. The van der Waals surface area contributed by atoms with Crippen LogP contribution in [0, 0.1) is 0 Å². The first kappa shape index (κ1) is 12.1. The highest BCUT2D eigenvalue weighted by molar-refractivity contribution is 7.98. The maximum Gasteiger partial charge on any atom is 0.413 e. The van der Waals surface area contributed by atoms with Crippen molar-refractivity contribution in [1.29, 1.82) is 0 Å². The number of alkyl halides is 3. The van der Waals surface area contributed by atoms with Gasteiger partial charge in [0.2, 0.25) is 0 Å². The van der Waals surface area contributed by atoms with Gasteiger partial charge in [-0.15, -0.1) is 0 Å². The molecule has 1 N–H and O–H groups in total. The lowest BCUT2D eigenvalue weighted by Crippen LogP contribution is -2.25. The van der Waals surface area contributed by atoms with E-state index in [0.29, 0.717) is 6.54 Å². The first-order chi connectivity index (χ1) is 5.56. The van der Waals surface area contributed by atoms with Gasteiger partial charge in [-0.1, -0.05) is 0 Å². The number of halogens is 3. The van der Waals surface area contributed by atoms with Crippen molar-refractivity contribution in [2.24, 2.45) is 0 Å². The van der Waals surface area contributed by atoms with Crippen LogP contribution in [0.5, 0.6) is 0 Å². The molecule has 0 saturated carbocycles. The smallest absolute Gasteiger partial charge is 0.292 e. The molecule has 0 aromatic rings. The van der Waals surface area contributed by atoms with E-state index < -0.39 is 12.8 Å². The maximum atomic E-state index is 11.5. The summed E-state index contributed by atoms with van der Waals surface area (Å²) in [6.07, 6.45) is -1.50. The maximum absolute atomic E-state index is 11.5. The zero-order chi connectivity index (χ0) is 9.45. The number of rotatable bonds is 6. The third-order valence-corrected chi connectivity index (χ3v) is 1.66. The third kappa shape index (κ3) is 10.1. The van der Waals surface area contributed by atoms with Gasteiger partial charge in [0.1, 0.15) is 0 Å². The summed E-state index contributed by atoms with van der Waals surface area (Å²) < 4.78 is 34.4. The van der Waals surface area contributed by atoms with Crippen LogP contribution in [0.1, 0.15) is 6.42 Å². The summed E-state index contributed by atoms with van der Waals surface area (Å²) in [5.41, 5.74) is 2.24. The molecule has 0 aliphatic rings. The lowest BCUT2D eigenvalue weighted by Gasteiger charge is -2.07. The van der Waals surface area contributed by atoms with E-state index in [-0.39, 0.29) is 0 Å². The van der Waals surface area contributed by atoms with Crippen molar-refractivity contribution in [2.75, 3.05) is 25.2 Å². The largest absolute Gasteiger partial charge is 0.413 e. The Bertz CT molecular complexity index is 109. The summed E-state index contributed by atoms with van der Waals surface area (Å²) in [5, 5.41) is 0. The van der Waals surface area contributed by atoms with Crippen molar-refractivity contribution in [3.05, 3.63) is 0 Å². The van der Waals surface area contributed by atoms with E-state index in [1.54, 1.807) is 11.8 Å². The van der Waals surface area contributed by atoms with Crippen LogP contribution >= 0.6 is 11.8 Å². The zero-order valence-corrected chi connectivity index (χ0v) is 7.60. The summed E-state index contributed by atoms with van der Waals surface area (Å²) in [6, 6.07) is 0. The van der Waals surface area contributed by atoms with Crippen LogP contribution in [-0.4, -0.2) is 31.3 Å². The molecule has 0 bridgehead atoms. The Balaban J connectivity index is 3.01. The normalized spacial score (nSPS) is 12.0. The number of hydrogen-bond acceptors (Lipinski definition) is 3. The van der Waals surface area contributed by atoms with Crippen molar-refractivity contribution >= 4 is 11.8 Å². The van der Waals surface area contributed by atoms with E-state index in [2.05, 4.69) is 10.3 Å². The number of hydroxylamine groups is 1. The molecule has 2 nitrogen and oxygen atoms in total. The minimum absolute atomic E-state index is 0.455. The first-order valence-corrected chi connectivity index (χ1v) is 4.86. The summed E-state index contributed by atoms with van der Waals surface area (Å²) >= 11 is 1.65. The highest BCUT2D eigenvalue weighted by Crippen LogP contribution is 2.13. The molecule has 0 aliphatic heterocycles. The standard InChI is InChI=1S/C6H12F3NOS/c1-12-4-2-3-10-11-5-6(7,8)9/h10H,2-5H2,1H3. The zero-order valence-electron chi connectivity index (χ0n) is 6.78. The monoisotopic (exact) mass is 203 g/mol. The molecule has 0 unspecified atom stereocenters. The molecule has 74 valence electrons. The van der Waals surface area contributed by atoms with Gasteiger partial charge >= 0.3 is 6.18 Å². The van der Waals surface area contributed by atoms with Crippen molar-refractivity contribution in [3.8, 4) is 0 Å². The van der Waals surface area contributed by atoms with Gasteiger partial charge in [-0.2, -0.15) is 24.9 Å². The van der Waals surface area contributed by atoms with E-state index in [1.807, 2.05) is 6.26 Å². The van der Waals surface area contributed by atoms with E-state index in [0.717, 1.165) is 12.2 Å². The van der Waals surface area contributed by atoms with Crippen LogP contribution in [0.15, 0.2) is 0 Å². The minimum atomic E-state index is -4.24. The van der Waals surface area contributed by atoms with Crippen molar-refractivity contribution < 1.29 is 18.0 Å². The molecular formula is C6H12F3NOS. The average molecular weight is 203 g/mol. The first-order valence-electron chi connectivity index (χ1n) is 3.46. The third-order valence-electron chi connectivity index (χ3n) is 0.965. The van der Waals surface area contributed by atoms with Crippen LogP contribution in [-0.2, 0) is 4.84 Å². The molecule has 0 aromatic heterocycles. The predicted molar refractivity (Wildman–Crippen MR) is 43.0 cm³/mol. The second kappa shape index (κ2) is 6.56. The fraction of sp³-hybridized carbons (Fsp3) is 1.00. The number of thioether (sulfide) groups is 1. The molecule has 0 amide bonds. The minimum Gasteiger partial charge on any atom is -0.292 e. The molecular weight excluding hydrogens is 191 g/mol. The molecule has 12 heavy (non-hydrogen) atoms. The molecule has 0 saturated heterocycles. The topological polar surface area (TPSA) is 21.3 Å². The Morgan fingerprint density at radius 1 is 1.42 bits per heavy atom. The lowest BCUT2D eigenvalue weighted by atomic mass is 10.5. The van der Waals surface area contributed by atoms with Gasteiger partial charge in [-0.25, -0.2) is 5.48 Å². The van der Waals surface area contributed by atoms with Gasteiger partial charge in [0.25, 0.3) is 0 Å². The molecule has 6 heteroatoms. The Hall–Kier alpha value is 0.0600. The summed E-state index contributed by atoms with van der Waals surface area (Å²) in [5.74, 6) is 0.919. The molecule has 0 atom stereocenters. The Kier molecular flexibility index (Phi) is 6.60. The summed E-state index contributed by atoms with van der Waals surface area (Å²) in [4.78, 5) is 4.16. The lowest BCUT2D eigenvalue weighted by molar-refractivity contribution is -0.189. The molecule has 0 radical (unpaired) electrons. The Morgan fingerprint density at radius 2 is 2.08 bits per heavy atom. The van der Waals surface area contributed by atoms with Crippen LogP contribution < -0.4 is 5.48 Å². The van der Waals surface area contributed by atoms with Crippen LogP contribution in [0.2, 0.25) is 0 Å². The van der Waals surface area contributed by atoms with E-state index in [9.17, 15) is 13.2 Å². The van der Waals surface area contributed by atoms with Crippen molar-refractivity contribution in [2.45, 2.75) is 12.6 Å². The Labute approximate surface area is 73.8 Å². The molecule has 0 heterocycles. The van der Waals surface area contributed by atoms with Gasteiger partial charge in [-0.05, 0) is 18.4 Å². The van der Waals surface area contributed by atoms with E-state index in [1.165, 1.54) is 0 Å². The average Bonchev–Trinajstić information content (AvgIpc) is 1.94. The van der Waals surface area contributed by atoms with Gasteiger partial charge in [-0.3, -0.25) is 4.84 Å². The Morgan fingerprint density at radius 3 is 2.58 bits per heavy atom. The molecule has 0 aliphatic carbocycles. The quantitative estimate of drug-likeness (QED) is 0.525. The molecule has 0 fully saturated rings. The number of nitrogens with one attached hydrogen (secondary N) is 1. The highest BCUT2D eigenvalue weighted by atomic mass is 32.2. The fourth-order valence-electron chi connectivity index (χ4n) is 0.494. The SMILES string of the molecule is CSCCCNOCC(F)(F)F. The van der Waals surface area contributed by atoms with Crippen LogP contribution in [0.3, 0.4) is 0 Å². The second-order valence-electron chi connectivity index (χ2n) is 2.14. The van der Waals surface area contributed by atoms with E-state index in [4.69, 9.17) is 0 Å². The fourth-order valence-corrected chi connectivity index (χ4v) is 0.927. The number of hydrogen-bond donors (Lipinski definition) is 1. The van der Waals surface area contributed by atoms with Gasteiger partial charge < -0.3 is 0 Å². The van der Waals surface area contributed by atoms with Crippen molar-refractivity contribution in [3.63, 3.8) is 0 Å². The summed E-state index contributed by atoms with van der Waals surface area (Å²) in [7, 11) is 0. The summed E-state index contributed by atoms with van der Waals surface area (Å²) in [6.45, 7) is -0.775. The highest BCUT2D eigenvalue weighted by Gasteiger charge is 2.27.